The lowest BCUT2D eigenvalue weighted by Gasteiger charge is -2.32. The Morgan fingerprint density at radius 1 is 0.941 bits per heavy atom. The molecule has 6 heteroatoms. The molecular formula is C11H18O6. The number of carboxylic acid groups (broad SMARTS) is 3. The maximum absolute atomic E-state index is 11.1. The van der Waals surface area contributed by atoms with Gasteiger partial charge in [0.25, 0.3) is 0 Å². The van der Waals surface area contributed by atoms with Crippen LogP contribution in [0.15, 0.2) is 0 Å². The van der Waals surface area contributed by atoms with E-state index in [1.54, 1.807) is 6.92 Å². The van der Waals surface area contributed by atoms with E-state index in [1.165, 1.54) is 13.8 Å². The molecule has 0 rings (SSSR count). The van der Waals surface area contributed by atoms with Crippen LogP contribution in [0.3, 0.4) is 0 Å². The molecule has 0 aromatic carbocycles. The highest BCUT2D eigenvalue weighted by atomic mass is 16.4. The van der Waals surface area contributed by atoms with Crippen molar-refractivity contribution in [2.75, 3.05) is 0 Å². The topological polar surface area (TPSA) is 112 Å². The maximum Gasteiger partial charge on any atom is 0.309 e. The first-order chi connectivity index (χ1) is 7.57. The van der Waals surface area contributed by atoms with Gasteiger partial charge in [-0.1, -0.05) is 6.92 Å². The third-order valence-corrected chi connectivity index (χ3v) is 3.13. The van der Waals surface area contributed by atoms with Crippen LogP contribution in [-0.2, 0) is 14.4 Å². The van der Waals surface area contributed by atoms with Crippen molar-refractivity contribution < 1.29 is 29.7 Å². The van der Waals surface area contributed by atoms with Crippen LogP contribution < -0.4 is 0 Å². The zero-order valence-corrected chi connectivity index (χ0v) is 10.2. The van der Waals surface area contributed by atoms with Gasteiger partial charge in [0.05, 0.1) is 17.3 Å². The fraction of sp³-hybridized carbons (Fsp3) is 0.727. The highest BCUT2D eigenvalue weighted by Crippen LogP contribution is 2.39. The molecule has 0 spiro atoms. The van der Waals surface area contributed by atoms with E-state index in [4.69, 9.17) is 15.3 Å². The number of rotatable bonds is 7. The Labute approximate surface area is 99.3 Å². The first kappa shape index (κ1) is 15.4. The minimum atomic E-state index is -1.57. The summed E-state index contributed by atoms with van der Waals surface area (Å²) in [6.07, 6.45) is -0.566. The molecule has 0 aromatic heterocycles. The average Bonchev–Trinajstić information content (AvgIpc) is 2.15. The zero-order valence-electron chi connectivity index (χ0n) is 10.2. The summed E-state index contributed by atoms with van der Waals surface area (Å²) in [6.45, 7) is 4.33. The summed E-state index contributed by atoms with van der Waals surface area (Å²) in [4.78, 5) is 32.9. The van der Waals surface area contributed by atoms with Gasteiger partial charge in [0.15, 0.2) is 0 Å². The van der Waals surface area contributed by atoms with E-state index in [0.717, 1.165) is 0 Å². The second kappa shape index (κ2) is 5.16. The van der Waals surface area contributed by atoms with Gasteiger partial charge >= 0.3 is 17.9 Å². The van der Waals surface area contributed by atoms with Crippen LogP contribution in [0.5, 0.6) is 0 Å². The second-order valence-corrected chi connectivity index (χ2v) is 4.83. The fourth-order valence-corrected chi connectivity index (χ4v) is 1.76. The molecule has 3 N–H and O–H groups in total. The molecule has 0 aromatic rings. The van der Waals surface area contributed by atoms with Crippen molar-refractivity contribution in [1.82, 2.24) is 0 Å². The van der Waals surface area contributed by atoms with Crippen LogP contribution in [0.25, 0.3) is 0 Å². The minimum Gasteiger partial charge on any atom is -0.481 e. The van der Waals surface area contributed by atoms with E-state index in [2.05, 4.69) is 0 Å². The summed E-state index contributed by atoms with van der Waals surface area (Å²) in [5.41, 5.74) is -2.81. The van der Waals surface area contributed by atoms with Crippen molar-refractivity contribution in [3.05, 3.63) is 0 Å². The maximum atomic E-state index is 11.1. The van der Waals surface area contributed by atoms with Crippen molar-refractivity contribution >= 4 is 17.9 Å². The predicted molar refractivity (Wildman–Crippen MR) is 58.6 cm³/mol. The molecule has 6 nitrogen and oxygen atoms in total. The van der Waals surface area contributed by atoms with Crippen LogP contribution in [0.1, 0.15) is 40.0 Å². The van der Waals surface area contributed by atoms with Gasteiger partial charge in [-0.3, -0.25) is 14.4 Å². The average molecular weight is 246 g/mol. The summed E-state index contributed by atoms with van der Waals surface area (Å²) < 4.78 is 0. The van der Waals surface area contributed by atoms with E-state index in [9.17, 15) is 14.4 Å². The quantitative estimate of drug-likeness (QED) is 0.626. The van der Waals surface area contributed by atoms with Gasteiger partial charge < -0.3 is 15.3 Å². The summed E-state index contributed by atoms with van der Waals surface area (Å²) in [5.74, 6) is -3.66. The van der Waals surface area contributed by atoms with Gasteiger partial charge in [-0.15, -0.1) is 0 Å². The van der Waals surface area contributed by atoms with Gasteiger partial charge in [0.1, 0.15) is 0 Å². The molecule has 0 aliphatic heterocycles. The number of aliphatic carboxylic acids is 3. The van der Waals surface area contributed by atoms with Crippen LogP contribution in [0.4, 0.5) is 0 Å². The van der Waals surface area contributed by atoms with E-state index in [0.29, 0.717) is 0 Å². The van der Waals surface area contributed by atoms with E-state index in [1.807, 2.05) is 0 Å². The molecule has 98 valence electrons. The van der Waals surface area contributed by atoms with Crippen LogP contribution in [0.2, 0.25) is 0 Å². The molecular weight excluding hydrogens is 228 g/mol. The highest BCUT2D eigenvalue weighted by molar-refractivity contribution is 5.82. The summed E-state index contributed by atoms with van der Waals surface area (Å²) in [7, 11) is 0. The third-order valence-electron chi connectivity index (χ3n) is 3.13. The van der Waals surface area contributed by atoms with Crippen molar-refractivity contribution in [3.8, 4) is 0 Å². The smallest absolute Gasteiger partial charge is 0.309 e. The number of carbonyl (C=O) groups is 3. The van der Waals surface area contributed by atoms with Gasteiger partial charge in [0, 0.05) is 0 Å². The standard InChI is InChI=1S/C11H18O6/c1-4-10(2,8(14)15)6-11(3,9(16)17)5-7(12)13/h4-6H2,1-3H3,(H,12,13)(H,14,15)(H,16,17). The van der Waals surface area contributed by atoms with Crippen molar-refractivity contribution in [2.24, 2.45) is 10.8 Å². The predicted octanol–water partition coefficient (Wildman–Crippen LogP) is 1.44. The lowest BCUT2D eigenvalue weighted by Crippen LogP contribution is -2.39. The van der Waals surface area contributed by atoms with E-state index >= 15 is 0 Å². The van der Waals surface area contributed by atoms with E-state index < -0.39 is 35.2 Å². The molecule has 17 heavy (non-hydrogen) atoms. The van der Waals surface area contributed by atoms with Gasteiger partial charge in [-0.05, 0) is 26.7 Å². The van der Waals surface area contributed by atoms with Crippen molar-refractivity contribution in [2.45, 2.75) is 40.0 Å². The molecule has 0 heterocycles. The van der Waals surface area contributed by atoms with Gasteiger partial charge in [0.2, 0.25) is 0 Å². The Hall–Kier alpha value is -1.59. The molecule has 2 atom stereocenters. The monoisotopic (exact) mass is 246 g/mol. The SMILES string of the molecule is CCC(C)(CC(C)(CC(=O)O)C(=O)O)C(=O)O. The van der Waals surface area contributed by atoms with Crippen LogP contribution in [0, 0.1) is 10.8 Å². The van der Waals surface area contributed by atoms with Crippen molar-refractivity contribution in [1.29, 1.82) is 0 Å². The molecule has 0 aliphatic rings. The van der Waals surface area contributed by atoms with E-state index in [-0.39, 0.29) is 12.8 Å². The molecule has 0 bridgehead atoms. The fourth-order valence-electron chi connectivity index (χ4n) is 1.76. The number of carboxylic acids is 3. The molecule has 0 amide bonds. The first-order valence-electron chi connectivity index (χ1n) is 5.26. The molecule has 0 radical (unpaired) electrons. The summed E-state index contributed by atoms with van der Waals surface area (Å²) in [5, 5.41) is 26.8. The molecule has 0 saturated heterocycles. The highest BCUT2D eigenvalue weighted by Gasteiger charge is 2.45. The van der Waals surface area contributed by atoms with Crippen molar-refractivity contribution in [3.63, 3.8) is 0 Å². The first-order valence-corrected chi connectivity index (χ1v) is 5.26. The Balaban J connectivity index is 5.18. The molecule has 0 fully saturated rings. The number of hydrogen-bond donors (Lipinski definition) is 3. The molecule has 0 aliphatic carbocycles. The lowest BCUT2D eigenvalue weighted by molar-refractivity contribution is -0.161. The van der Waals surface area contributed by atoms with Crippen LogP contribution >= 0.6 is 0 Å². The Morgan fingerprint density at radius 3 is 1.59 bits per heavy atom. The van der Waals surface area contributed by atoms with Crippen LogP contribution in [-0.4, -0.2) is 33.2 Å². The summed E-state index contributed by atoms with van der Waals surface area (Å²) in [6, 6.07) is 0. The molecule has 2 unspecified atom stereocenters. The Morgan fingerprint density at radius 2 is 1.35 bits per heavy atom. The third kappa shape index (κ3) is 3.72. The normalized spacial score (nSPS) is 17.8. The lowest BCUT2D eigenvalue weighted by atomic mass is 9.70. The minimum absolute atomic E-state index is 0.215. The van der Waals surface area contributed by atoms with Gasteiger partial charge in [-0.25, -0.2) is 0 Å². The second-order valence-electron chi connectivity index (χ2n) is 4.83. The largest absolute Gasteiger partial charge is 0.481 e. The zero-order chi connectivity index (χ0) is 13.9. The summed E-state index contributed by atoms with van der Waals surface area (Å²) >= 11 is 0. The van der Waals surface area contributed by atoms with Gasteiger partial charge in [-0.2, -0.15) is 0 Å². The molecule has 0 saturated carbocycles. The number of hydrogen-bond acceptors (Lipinski definition) is 3. The Bertz CT molecular complexity index is 337. The Kier molecular flexibility index (Phi) is 4.68.